The van der Waals surface area contributed by atoms with Crippen molar-refractivity contribution >= 4 is 65.6 Å². The minimum Gasteiger partial charge on any atom is -0.297 e. The number of thiazole rings is 1. The summed E-state index contributed by atoms with van der Waals surface area (Å²) < 4.78 is 2.08. The number of para-hydroxylation sites is 1. The van der Waals surface area contributed by atoms with Gasteiger partial charge in [-0.25, -0.2) is 4.98 Å². The Morgan fingerprint density at radius 3 is 2.60 bits per heavy atom. The molecule has 1 amide bonds. The average molecular weight is 387 g/mol. The smallest absolute Gasteiger partial charge is 0.269 e. The summed E-state index contributed by atoms with van der Waals surface area (Å²) in [6, 6.07) is 13.9. The number of rotatable bonds is 3. The van der Waals surface area contributed by atoms with Crippen LogP contribution in [0.2, 0.25) is 5.02 Å². The molecule has 2 heterocycles. The van der Waals surface area contributed by atoms with Gasteiger partial charge in [-0.2, -0.15) is 0 Å². The standard InChI is InChI=1S/C19H15ClN2OS2/c1-10(2)11-7-5-9-14-16(11)21-19(25-14)22-18(23)17-15(20)12-6-3-4-8-13(12)24-17/h3-10H,1-2H3,(H,21,22,23). The van der Waals surface area contributed by atoms with Gasteiger partial charge in [0.25, 0.3) is 5.91 Å². The van der Waals surface area contributed by atoms with Gasteiger partial charge in [0.1, 0.15) is 4.88 Å². The van der Waals surface area contributed by atoms with Crippen LogP contribution >= 0.6 is 34.3 Å². The van der Waals surface area contributed by atoms with Crippen LogP contribution in [0.5, 0.6) is 0 Å². The first-order valence-corrected chi connectivity index (χ1v) is 9.93. The largest absolute Gasteiger partial charge is 0.297 e. The van der Waals surface area contributed by atoms with Crippen molar-refractivity contribution in [3.8, 4) is 0 Å². The molecule has 0 aliphatic heterocycles. The highest BCUT2D eigenvalue weighted by Crippen LogP contribution is 2.36. The third-order valence-corrected chi connectivity index (χ3v) is 6.64. The summed E-state index contributed by atoms with van der Waals surface area (Å²) in [7, 11) is 0. The van der Waals surface area contributed by atoms with E-state index in [-0.39, 0.29) is 5.91 Å². The lowest BCUT2D eigenvalue weighted by Gasteiger charge is -2.04. The van der Waals surface area contributed by atoms with Gasteiger partial charge < -0.3 is 0 Å². The molecule has 3 nitrogen and oxygen atoms in total. The topological polar surface area (TPSA) is 42.0 Å². The maximum atomic E-state index is 12.7. The second-order valence-electron chi connectivity index (χ2n) is 6.06. The molecule has 25 heavy (non-hydrogen) atoms. The van der Waals surface area contributed by atoms with E-state index >= 15 is 0 Å². The van der Waals surface area contributed by atoms with Gasteiger partial charge in [0.2, 0.25) is 0 Å². The molecule has 6 heteroatoms. The highest BCUT2D eigenvalue weighted by Gasteiger charge is 2.19. The van der Waals surface area contributed by atoms with E-state index in [1.807, 2.05) is 36.4 Å². The summed E-state index contributed by atoms with van der Waals surface area (Å²) in [5.74, 6) is 0.169. The van der Waals surface area contributed by atoms with Gasteiger partial charge in [-0.1, -0.05) is 67.1 Å². The van der Waals surface area contributed by atoms with Gasteiger partial charge in [-0.15, -0.1) is 11.3 Å². The van der Waals surface area contributed by atoms with Crippen molar-refractivity contribution in [2.24, 2.45) is 0 Å². The van der Waals surface area contributed by atoms with Crippen LogP contribution in [0.1, 0.15) is 35.0 Å². The molecular formula is C19H15ClN2OS2. The molecular weight excluding hydrogens is 372 g/mol. The van der Waals surface area contributed by atoms with Gasteiger partial charge in [0, 0.05) is 10.1 Å². The molecule has 1 N–H and O–H groups in total. The van der Waals surface area contributed by atoms with Crippen LogP contribution in [0.15, 0.2) is 42.5 Å². The van der Waals surface area contributed by atoms with Crippen LogP contribution in [0.25, 0.3) is 20.3 Å². The zero-order chi connectivity index (χ0) is 17.6. The summed E-state index contributed by atoms with van der Waals surface area (Å²) in [5, 5.41) is 4.92. The number of nitrogens with zero attached hydrogens (tertiary/aromatic N) is 1. The van der Waals surface area contributed by atoms with Crippen LogP contribution in [-0.2, 0) is 0 Å². The maximum absolute atomic E-state index is 12.7. The highest BCUT2D eigenvalue weighted by molar-refractivity contribution is 7.23. The lowest BCUT2D eigenvalue weighted by atomic mass is 10.0. The number of carbonyl (C=O) groups is 1. The van der Waals surface area contributed by atoms with E-state index in [2.05, 4.69) is 30.2 Å². The highest BCUT2D eigenvalue weighted by atomic mass is 35.5. The SMILES string of the molecule is CC(C)c1cccc2sc(NC(=O)c3sc4ccccc4c3Cl)nc12. The van der Waals surface area contributed by atoms with Crippen molar-refractivity contribution in [2.75, 3.05) is 5.32 Å². The molecule has 0 saturated heterocycles. The fourth-order valence-corrected chi connectivity index (χ4v) is 5.11. The number of carbonyl (C=O) groups excluding carboxylic acids is 1. The summed E-state index contributed by atoms with van der Waals surface area (Å²) in [4.78, 5) is 17.8. The van der Waals surface area contributed by atoms with Crippen molar-refractivity contribution in [1.29, 1.82) is 0 Å². The van der Waals surface area contributed by atoms with E-state index < -0.39 is 0 Å². The van der Waals surface area contributed by atoms with Crippen LogP contribution in [0, 0.1) is 0 Å². The number of hydrogen-bond acceptors (Lipinski definition) is 4. The second-order valence-corrected chi connectivity index (χ2v) is 8.52. The normalized spacial score (nSPS) is 11.5. The number of fused-ring (bicyclic) bond motifs is 2. The summed E-state index contributed by atoms with van der Waals surface area (Å²) in [6.45, 7) is 4.28. The summed E-state index contributed by atoms with van der Waals surface area (Å²) in [5.41, 5.74) is 2.15. The second kappa shape index (κ2) is 6.41. The van der Waals surface area contributed by atoms with Crippen LogP contribution in [0.4, 0.5) is 5.13 Å². The number of aromatic nitrogens is 1. The van der Waals surface area contributed by atoms with E-state index in [0.29, 0.717) is 20.9 Å². The minimum absolute atomic E-state index is 0.212. The van der Waals surface area contributed by atoms with E-state index in [1.54, 1.807) is 0 Å². The lowest BCUT2D eigenvalue weighted by Crippen LogP contribution is -2.10. The molecule has 0 radical (unpaired) electrons. The van der Waals surface area contributed by atoms with E-state index in [1.165, 1.54) is 28.2 Å². The first-order valence-electron chi connectivity index (χ1n) is 7.92. The number of amides is 1. The quantitative estimate of drug-likeness (QED) is 0.434. The van der Waals surface area contributed by atoms with Gasteiger partial charge in [0.05, 0.1) is 15.2 Å². The summed E-state index contributed by atoms with van der Waals surface area (Å²) >= 11 is 9.28. The fraction of sp³-hybridized carbons (Fsp3) is 0.158. The Morgan fingerprint density at radius 2 is 1.84 bits per heavy atom. The van der Waals surface area contributed by atoms with Crippen LogP contribution < -0.4 is 5.32 Å². The molecule has 4 rings (SSSR count). The zero-order valence-corrected chi connectivity index (χ0v) is 16.1. The predicted octanol–water partition coefficient (Wildman–Crippen LogP) is 6.54. The fourth-order valence-electron chi connectivity index (χ4n) is 2.80. The average Bonchev–Trinajstić information content (AvgIpc) is 3.15. The Balaban J connectivity index is 1.69. The van der Waals surface area contributed by atoms with Crippen LogP contribution in [-0.4, -0.2) is 10.9 Å². The molecule has 0 aliphatic rings. The Hall–Kier alpha value is -1.95. The molecule has 4 aromatic rings. The zero-order valence-electron chi connectivity index (χ0n) is 13.7. The third-order valence-electron chi connectivity index (χ3n) is 4.03. The monoisotopic (exact) mass is 386 g/mol. The number of halogens is 1. The first-order chi connectivity index (χ1) is 12.0. The summed E-state index contributed by atoms with van der Waals surface area (Å²) in [6.07, 6.45) is 0. The number of hydrogen-bond donors (Lipinski definition) is 1. The lowest BCUT2D eigenvalue weighted by molar-refractivity contribution is 0.103. The van der Waals surface area contributed by atoms with Crippen molar-refractivity contribution in [2.45, 2.75) is 19.8 Å². The van der Waals surface area contributed by atoms with Crippen molar-refractivity contribution < 1.29 is 4.79 Å². The number of nitrogens with one attached hydrogen (secondary N) is 1. The Morgan fingerprint density at radius 1 is 1.08 bits per heavy atom. The van der Waals surface area contributed by atoms with Crippen molar-refractivity contribution in [1.82, 2.24) is 4.98 Å². The molecule has 2 aromatic carbocycles. The van der Waals surface area contributed by atoms with Gasteiger partial charge in [0.15, 0.2) is 5.13 Å². The van der Waals surface area contributed by atoms with Gasteiger partial charge in [-0.3, -0.25) is 10.1 Å². The van der Waals surface area contributed by atoms with Crippen molar-refractivity contribution in [3.63, 3.8) is 0 Å². The van der Waals surface area contributed by atoms with Gasteiger partial charge >= 0.3 is 0 Å². The molecule has 0 aliphatic carbocycles. The van der Waals surface area contributed by atoms with Crippen LogP contribution in [0.3, 0.4) is 0 Å². The molecule has 126 valence electrons. The van der Waals surface area contributed by atoms with Gasteiger partial charge in [-0.05, 0) is 23.6 Å². The third kappa shape index (κ3) is 2.92. The maximum Gasteiger partial charge on any atom is 0.269 e. The predicted molar refractivity (Wildman–Crippen MR) is 108 cm³/mol. The Bertz CT molecular complexity index is 1100. The molecule has 0 bridgehead atoms. The number of anilines is 1. The first kappa shape index (κ1) is 16.5. The molecule has 0 unspecified atom stereocenters. The molecule has 0 spiro atoms. The van der Waals surface area contributed by atoms with E-state index in [9.17, 15) is 4.79 Å². The van der Waals surface area contributed by atoms with E-state index in [0.717, 1.165) is 20.3 Å². The van der Waals surface area contributed by atoms with E-state index in [4.69, 9.17) is 11.6 Å². The number of benzene rings is 2. The Kier molecular flexibility index (Phi) is 4.23. The minimum atomic E-state index is -0.212. The molecule has 0 saturated carbocycles. The Labute approximate surface area is 158 Å². The number of thiophene rings is 1. The molecule has 0 fully saturated rings. The van der Waals surface area contributed by atoms with Crippen molar-refractivity contribution in [3.05, 3.63) is 57.9 Å². The molecule has 2 aromatic heterocycles. The molecule has 0 atom stereocenters.